The van der Waals surface area contributed by atoms with Crippen LogP contribution in [0.25, 0.3) is 0 Å². The summed E-state index contributed by atoms with van der Waals surface area (Å²) in [5, 5.41) is 0. The maximum absolute atomic E-state index is 9.16. The van der Waals surface area contributed by atoms with E-state index < -0.39 is 10.4 Å². The van der Waals surface area contributed by atoms with Crippen molar-refractivity contribution in [3.05, 3.63) is 7.11 Å². The highest BCUT2D eigenvalue weighted by molar-refractivity contribution is 7.80. The van der Waals surface area contributed by atoms with Crippen LogP contribution in [0.1, 0.15) is 0 Å². The van der Waals surface area contributed by atoms with Crippen molar-refractivity contribution in [2.24, 2.45) is 0 Å². The van der Waals surface area contributed by atoms with Gasteiger partial charge in [0.05, 0.1) is 7.11 Å². The Kier molecular flexibility index (Phi) is 1.51. The number of hydrogen-bond donors (Lipinski definition) is 0. The first kappa shape index (κ1) is 5.87. The van der Waals surface area contributed by atoms with Crippen molar-refractivity contribution in [3.63, 3.8) is 0 Å². The van der Waals surface area contributed by atoms with Crippen molar-refractivity contribution in [2.75, 3.05) is 0 Å². The first-order valence-electron chi connectivity index (χ1n) is 0.955. The van der Waals surface area contributed by atoms with Crippen LogP contribution in [0.5, 0.6) is 0 Å². The molecule has 6 heavy (non-hydrogen) atoms. The average Bonchev–Trinajstić information content (AvgIpc) is 1.35. The molecule has 0 atom stereocenters. The Bertz CT molecular complexity index is 110. The molecule has 0 N–H and O–H groups in total. The maximum Gasteiger partial charge on any atom is 0.427 e. The molecule has 4 nitrogen and oxygen atoms in total. The van der Waals surface area contributed by atoms with Crippen LogP contribution in [0, 0.1) is 7.11 Å². The molecule has 0 aliphatic carbocycles. The molecule has 0 fully saturated rings. The normalized spacial score (nSPS) is 11.7. The standard InChI is InChI=1S/CH2O4S/c1-5-6(2,3)4/h1H2. The summed E-state index contributed by atoms with van der Waals surface area (Å²) in [6.45, 7) is 0. The Labute approximate surface area is 35.7 Å². The number of hydrogen-bond acceptors (Lipinski definition) is 3. The van der Waals surface area contributed by atoms with Gasteiger partial charge < -0.3 is 0 Å². The minimum absolute atomic E-state index is 2.36. The second-order valence-electron chi connectivity index (χ2n) is 0.526. The third-order valence-corrected chi connectivity index (χ3v) is 0.433. The third kappa shape index (κ3) is 3.87. The van der Waals surface area contributed by atoms with Crippen LogP contribution < -0.4 is 0 Å². The van der Waals surface area contributed by atoms with Gasteiger partial charge in [-0.1, -0.05) is 4.55 Å². The maximum atomic E-state index is 9.16. The quantitative estimate of drug-likeness (QED) is 0.455. The Hall–Kier alpha value is -0.130. The van der Waals surface area contributed by atoms with Gasteiger partial charge >= 0.3 is 10.4 Å². The monoisotopic (exact) mass is 110 g/mol. The molecule has 0 aromatic rings. The van der Waals surface area contributed by atoms with Gasteiger partial charge in [0.1, 0.15) is 0 Å². The first-order chi connectivity index (χ1) is 2.56. The topological polar surface area (TPSA) is 63.3 Å². The van der Waals surface area contributed by atoms with Gasteiger partial charge in [0.25, 0.3) is 0 Å². The second kappa shape index (κ2) is 1.55. The van der Waals surface area contributed by atoms with E-state index in [1.165, 1.54) is 0 Å². The average molecular weight is 110 g/mol. The molecule has 0 unspecified atom stereocenters. The van der Waals surface area contributed by atoms with Gasteiger partial charge in [-0.25, -0.2) is 4.18 Å². The van der Waals surface area contributed by atoms with E-state index in [1.807, 2.05) is 0 Å². The summed E-state index contributed by atoms with van der Waals surface area (Å²) in [5.41, 5.74) is 0. The minimum Gasteiger partial charge on any atom is -0.244 e. The molecule has 0 rings (SSSR count). The molecule has 0 saturated carbocycles. The third-order valence-electron chi connectivity index (χ3n) is 0.144. The molecule has 0 heterocycles. The first-order valence-corrected chi connectivity index (χ1v) is 2.29. The molecule has 5 heteroatoms. The summed E-state index contributed by atoms with van der Waals surface area (Å²) in [4.78, 5) is 0. The molecule has 0 aromatic carbocycles. The van der Waals surface area contributed by atoms with Crippen molar-refractivity contribution in [2.45, 2.75) is 0 Å². The molecular weight excluding hydrogens is 108 g/mol. The summed E-state index contributed by atoms with van der Waals surface area (Å²) in [7, 11) is -2.17. The minimum atomic E-state index is -4.52. The lowest BCUT2D eigenvalue weighted by molar-refractivity contribution is 0.310. The van der Waals surface area contributed by atoms with Gasteiger partial charge in [-0.2, -0.15) is 8.42 Å². The molecule has 0 aromatic heterocycles. The van der Waals surface area contributed by atoms with E-state index in [0.29, 0.717) is 0 Å². The molecule has 0 aliphatic rings. The summed E-state index contributed by atoms with van der Waals surface area (Å²) >= 11 is 0. The van der Waals surface area contributed by atoms with E-state index in [4.69, 9.17) is 13.0 Å². The Balaban J connectivity index is 3.85. The van der Waals surface area contributed by atoms with Crippen molar-refractivity contribution in [3.8, 4) is 0 Å². The summed E-state index contributed by atoms with van der Waals surface area (Å²) < 4.78 is 30.6. The second-order valence-corrected chi connectivity index (χ2v) is 1.58. The van der Waals surface area contributed by atoms with Gasteiger partial charge in [-0.15, -0.1) is 0 Å². The molecule has 36 valence electrons. The van der Waals surface area contributed by atoms with Crippen molar-refractivity contribution in [1.29, 1.82) is 0 Å². The zero-order valence-electron chi connectivity index (χ0n) is 2.75. The summed E-state index contributed by atoms with van der Waals surface area (Å²) in [6.07, 6.45) is 0. The molecule has 2 radical (unpaired) electrons. The van der Waals surface area contributed by atoms with Crippen LogP contribution in [0.3, 0.4) is 0 Å². The highest BCUT2D eigenvalue weighted by Crippen LogP contribution is 1.79. The zero-order valence-corrected chi connectivity index (χ0v) is 3.56. The van der Waals surface area contributed by atoms with Crippen LogP contribution in [0.2, 0.25) is 0 Å². The fraction of sp³-hybridized carbons (Fsp3) is 0. The Morgan fingerprint density at radius 3 is 1.67 bits per heavy atom. The highest BCUT2D eigenvalue weighted by atomic mass is 32.3. The predicted molar refractivity (Wildman–Crippen MR) is 16.0 cm³/mol. The van der Waals surface area contributed by atoms with Gasteiger partial charge in [0, 0.05) is 0 Å². The van der Waals surface area contributed by atoms with Crippen LogP contribution in [-0.2, 0) is 19.1 Å². The smallest absolute Gasteiger partial charge is 0.244 e. The van der Waals surface area contributed by atoms with Crippen molar-refractivity contribution in [1.82, 2.24) is 0 Å². The van der Waals surface area contributed by atoms with Crippen LogP contribution >= 0.6 is 0 Å². The van der Waals surface area contributed by atoms with Crippen LogP contribution in [0.15, 0.2) is 0 Å². The molecular formula is CH2O4S. The largest absolute Gasteiger partial charge is 0.427 e. The van der Waals surface area contributed by atoms with E-state index in [-0.39, 0.29) is 0 Å². The van der Waals surface area contributed by atoms with Crippen LogP contribution in [0.4, 0.5) is 0 Å². The lowest BCUT2D eigenvalue weighted by atomic mass is 11.8. The van der Waals surface area contributed by atoms with E-state index in [2.05, 4.69) is 11.3 Å². The lowest BCUT2D eigenvalue weighted by Gasteiger charge is -1.78. The fourth-order valence-corrected chi connectivity index (χ4v) is 0. The van der Waals surface area contributed by atoms with Crippen molar-refractivity contribution < 1.29 is 17.2 Å². The summed E-state index contributed by atoms with van der Waals surface area (Å²) in [5.74, 6) is 0. The van der Waals surface area contributed by atoms with E-state index >= 15 is 0 Å². The van der Waals surface area contributed by atoms with Gasteiger partial charge in [-0.05, 0) is 0 Å². The number of rotatable bonds is 1. The lowest BCUT2D eigenvalue weighted by Crippen LogP contribution is -1.92. The van der Waals surface area contributed by atoms with Crippen LogP contribution in [-0.4, -0.2) is 8.42 Å². The highest BCUT2D eigenvalue weighted by Gasteiger charge is 1.98. The molecule has 0 aliphatic heterocycles. The Morgan fingerprint density at radius 1 is 1.50 bits per heavy atom. The molecule has 0 bridgehead atoms. The van der Waals surface area contributed by atoms with Gasteiger partial charge in [0.2, 0.25) is 0 Å². The van der Waals surface area contributed by atoms with E-state index in [9.17, 15) is 0 Å². The molecule has 0 saturated heterocycles. The fourth-order valence-electron chi connectivity index (χ4n) is 0. The summed E-state index contributed by atoms with van der Waals surface area (Å²) in [6, 6.07) is 0. The van der Waals surface area contributed by atoms with Crippen molar-refractivity contribution >= 4 is 10.4 Å². The van der Waals surface area contributed by atoms with E-state index in [1.54, 1.807) is 0 Å². The zero-order chi connectivity index (χ0) is 5.21. The molecule has 0 amide bonds. The Morgan fingerprint density at radius 2 is 1.67 bits per heavy atom. The van der Waals surface area contributed by atoms with E-state index in [0.717, 1.165) is 0 Å². The predicted octanol–water partition coefficient (Wildman–Crippen LogP) is -0.530. The molecule has 0 spiro atoms. The van der Waals surface area contributed by atoms with Gasteiger partial charge in [0.15, 0.2) is 0 Å². The van der Waals surface area contributed by atoms with Gasteiger partial charge in [-0.3, -0.25) is 0 Å². The SMILES string of the molecule is [CH2]OS([O])(=O)=O.